The van der Waals surface area contributed by atoms with Gasteiger partial charge in [-0.1, -0.05) is 30.3 Å². The fourth-order valence-electron chi connectivity index (χ4n) is 2.62. The topological polar surface area (TPSA) is 38.2 Å². The third-order valence-electron chi connectivity index (χ3n) is 3.80. The number of anilines is 1. The Hall–Kier alpha value is -1.94. The molecule has 1 aliphatic rings. The molecule has 0 N–H and O–H groups in total. The van der Waals surface area contributed by atoms with Gasteiger partial charge in [0.1, 0.15) is 0 Å². The minimum atomic E-state index is 0.568. The number of nitrogens with zero attached hydrogens (tertiary/aromatic N) is 3. The molecule has 1 saturated heterocycles. The van der Waals surface area contributed by atoms with E-state index in [0.29, 0.717) is 12.5 Å². The van der Waals surface area contributed by atoms with Crippen molar-refractivity contribution in [2.24, 2.45) is 5.92 Å². The Balaban J connectivity index is 1.45. The van der Waals surface area contributed by atoms with Crippen molar-refractivity contribution in [1.29, 1.82) is 0 Å². The summed E-state index contributed by atoms with van der Waals surface area (Å²) in [5.74, 6) is 1.41. The van der Waals surface area contributed by atoms with Gasteiger partial charge >= 0.3 is 0 Å². The molecule has 2 heterocycles. The van der Waals surface area contributed by atoms with E-state index in [0.717, 1.165) is 37.6 Å². The highest BCUT2D eigenvalue weighted by Crippen LogP contribution is 2.21. The highest BCUT2D eigenvalue weighted by atomic mass is 16.5. The lowest BCUT2D eigenvalue weighted by Crippen LogP contribution is -2.23. The summed E-state index contributed by atoms with van der Waals surface area (Å²) in [4.78, 5) is 11.0. The van der Waals surface area contributed by atoms with Crippen molar-refractivity contribution in [2.45, 2.75) is 20.0 Å². The van der Waals surface area contributed by atoms with Crippen LogP contribution in [0.15, 0.2) is 42.7 Å². The molecule has 0 bridgehead atoms. The van der Waals surface area contributed by atoms with Gasteiger partial charge in [-0.2, -0.15) is 0 Å². The number of aromatic nitrogens is 2. The molecule has 2 aromatic rings. The van der Waals surface area contributed by atoms with Gasteiger partial charge in [0.2, 0.25) is 5.95 Å². The van der Waals surface area contributed by atoms with E-state index in [1.807, 2.05) is 37.5 Å². The second-order valence-electron chi connectivity index (χ2n) is 5.66. The molecule has 1 unspecified atom stereocenters. The summed E-state index contributed by atoms with van der Waals surface area (Å²) in [5.41, 5.74) is 2.33. The van der Waals surface area contributed by atoms with Crippen LogP contribution in [-0.2, 0) is 11.3 Å². The first-order valence-corrected chi connectivity index (χ1v) is 7.46. The molecule has 3 rings (SSSR count). The first kappa shape index (κ1) is 14.0. The predicted octanol–water partition coefficient (Wildman–Crippen LogP) is 2.83. The smallest absolute Gasteiger partial charge is 0.225 e. The van der Waals surface area contributed by atoms with Gasteiger partial charge in [-0.05, 0) is 24.5 Å². The van der Waals surface area contributed by atoms with Crippen molar-refractivity contribution in [3.05, 3.63) is 53.9 Å². The van der Waals surface area contributed by atoms with Crippen LogP contribution in [0, 0.1) is 12.8 Å². The predicted molar refractivity (Wildman–Crippen MR) is 83.2 cm³/mol. The standard InChI is InChI=1S/C17H21N3O/c1-14-9-18-17(19-10-14)20-8-7-16(11-20)13-21-12-15-5-3-2-4-6-15/h2-6,9-10,16H,7-8,11-13H2,1H3. The lowest BCUT2D eigenvalue weighted by molar-refractivity contribution is 0.0929. The lowest BCUT2D eigenvalue weighted by Gasteiger charge is -2.16. The molecule has 0 radical (unpaired) electrons. The number of benzene rings is 1. The van der Waals surface area contributed by atoms with E-state index in [1.165, 1.54) is 5.56 Å². The average Bonchev–Trinajstić information content (AvgIpc) is 2.98. The van der Waals surface area contributed by atoms with Crippen LogP contribution in [0.25, 0.3) is 0 Å². The molecule has 110 valence electrons. The minimum absolute atomic E-state index is 0.568. The largest absolute Gasteiger partial charge is 0.376 e. The van der Waals surface area contributed by atoms with Gasteiger partial charge in [-0.25, -0.2) is 9.97 Å². The monoisotopic (exact) mass is 283 g/mol. The highest BCUT2D eigenvalue weighted by molar-refractivity contribution is 5.31. The van der Waals surface area contributed by atoms with E-state index in [2.05, 4.69) is 27.0 Å². The van der Waals surface area contributed by atoms with E-state index in [1.54, 1.807) is 0 Å². The van der Waals surface area contributed by atoms with E-state index in [-0.39, 0.29) is 0 Å². The van der Waals surface area contributed by atoms with Crippen LogP contribution in [0.3, 0.4) is 0 Å². The maximum atomic E-state index is 5.84. The first-order chi connectivity index (χ1) is 10.3. The van der Waals surface area contributed by atoms with Gasteiger partial charge in [0, 0.05) is 31.4 Å². The normalized spacial score (nSPS) is 18.1. The molecule has 1 aromatic carbocycles. The summed E-state index contributed by atoms with van der Waals surface area (Å²) in [6, 6.07) is 10.3. The SMILES string of the molecule is Cc1cnc(N2CCC(COCc3ccccc3)C2)nc1. The second kappa shape index (κ2) is 6.68. The van der Waals surface area contributed by atoms with E-state index in [9.17, 15) is 0 Å². The number of hydrogen-bond donors (Lipinski definition) is 0. The number of hydrogen-bond acceptors (Lipinski definition) is 4. The zero-order chi connectivity index (χ0) is 14.5. The van der Waals surface area contributed by atoms with Crippen LogP contribution in [0.1, 0.15) is 17.5 Å². The van der Waals surface area contributed by atoms with Crippen molar-refractivity contribution >= 4 is 5.95 Å². The average molecular weight is 283 g/mol. The van der Waals surface area contributed by atoms with Gasteiger partial charge < -0.3 is 9.64 Å². The van der Waals surface area contributed by atoms with Gasteiger partial charge in [0.15, 0.2) is 0 Å². The zero-order valence-electron chi connectivity index (χ0n) is 12.4. The summed E-state index contributed by atoms with van der Waals surface area (Å²) in [7, 11) is 0. The van der Waals surface area contributed by atoms with Crippen molar-refractivity contribution in [3.8, 4) is 0 Å². The summed E-state index contributed by atoms with van der Waals surface area (Å²) in [6.07, 6.45) is 4.90. The quantitative estimate of drug-likeness (QED) is 0.845. The van der Waals surface area contributed by atoms with Crippen molar-refractivity contribution < 1.29 is 4.74 Å². The Labute approximate surface area is 125 Å². The molecular weight excluding hydrogens is 262 g/mol. The van der Waals surface area contributed by atoms with Crippen molar-refractivity contribution in [2.75, 3.05) is 24.6 Å². The molecule has 0 spiro atoms. The summed E-state index contributed by atoms with van der Waals surface area (Å²) < 4.78 is 5.84. The molecule has 0 amide bonds. The van der Waals surface area contributed by atoms with Crippen LogP contribution < -0.4 is 4.90 Å². The van der Waals surface area contributed by atoms with Gasteiger partial charge in [-0.15, -0.1) is 0 Å². The van der Waals surface area contributed by atoms with Crippen molar-refractivity contribution in [3.63, 3.8) is 0 Å². The van der Waals surface area contributed by atoms with E-state index >= 15 is 0 Å². The summed E-state index contributed by atoms with van der Waals surface area (Å²) >= 11 is 0. The Kier molecular flexibility index (Phi) is 4.46. The molecule has 1 aliphatic heterocycles. The first-order valence-electron chi connectivity index (χ1n) is 7.46. The van der Waals surface area contributed by atoms with Gasteiger partial charge in [0.05, 0.1) is 13.2 Å². The Morgan fingerprint density at radius 3 is 2.71 bits per heavy atom. The minimum Gasteiger partial charge on any atom is -0.376 e. The molecule has 21 heavy (non-hydrogen) atoms. The van der Waals surface area contributed by atoms with E-state index < -0.39 is 0 Å². The number of rotatable bonds is 5. The fourth-order valence-corrected chi connectivity index (χ4v) is 2.62. The fraction of sp³-hybridized carbons (Fsp3) is 0.412. The molecule has 1 fully saturated rings. The molecule has 1 atom stereocenters. The molecule has 4 heteroatoms. The number of aryl methyl sites for hydroxylation is 1. The maximum absolute atomic E-state index is 5.84. The Bertz CT molecular complexity index is 556. The second-order valence-corrected chi connectivity index (χ2v) is 5.66. The molecule has 0 saturated carbocycles. The van der Waals surface area contributed by atoms with E-state index in [4.69, 9.17) is 4.74 Å². The third kappa shape index (κ3) is 3.79. The number of ether oxygens (including phenoxy) is 1. The maximum Gasteiger partial charge on any atom is 0.225 e. The highest BCUT2D eigenvalue weighted by Gasteiger charge is 2.24. The van der Waals surface area contributed by atoms with Crippen LogP contribution in [0.2, 0.25) is 0 Å². The molecule has 0 aliphatic carbocycles. The van der Waals surface area contributed by atoms with Gasteiger partial charge in [0.25, 0.3) is 0 Å². The summed E-state index contributed by atoms with van der Waals surface area (Å²) in [6.45, 7) is 5.50. The van der Waals surface area contributed by atoms with Crippen LogP contribution >= 0.6 is 0 Å². The third-order valence-corrected chi connectivity index (χ3v) is 3.80. The Morgan fingerprint density at radius 2 is 1.95 bits per heavy atom. The Morgan fingerprint density at radius 1 is 1.19 bits per heavy atom. The van der Waals surface area contributed by atoms with Gasteiger partial charge in [-0.3, -0.25) is 0 Å². The molecule has 1 aromatic heterocycles. The molecular formula is C17H21N3O. The lowest BCUT2D eigenvalue weighted by atomic mass is 10.1. The zero-order valence-corrected chi connectivity index (χ0v) is 12.4. The van der Waals surface area contributed by atoms with Crippen LogP contribution in [0.4, 0.5) is 5.95 Å². The van der Waals surface area contributed by atoms with Crippen molar-refractivity contribution in [1.82, 2.24) is 9.97 Å². The summed E-state index contributed by atoms with van der Waals surface area (Å²) in [5, 5.41) is 0. The van der Waals surface area contributed by atoms with Crippen LogP contribution in [-0.4, -0.2) is 29.7 Å². The van der Waals surface area contributed by atoms with Crippen LogP contribution in [0.5, 0.6) is 0 Å². The molecule has 4 nitrogen and oxygen atoms in total.